The van der Waals surface area contributed by atoms with E-state index in [1.807, 2.05) is 18.2 Å². The summed E-state index contributed by atoms with van der Waals surface area (Å²) in [4.78, 5) is 0.134. The van der Waals surface area contributed by atoms with Crippen LogP contribution in [-0.4, -0.2) is 14.5 Å². The summed E-state index contributed by atoms with van der Waals surface area (Å²) in [5.41, 5.74) is 0. The highest BCUT2D eigenvalue weighted by Gasteiger charge is 2.16. The maximum atomic E-state index is 11.3. The summed E-state index contributed by atoms with van der Waals surface area (Å²) in [5, 5.41) is 6.93. The van der Waals surface area contributed by atoms with Crippen LogP contribution >= 0.6 is 0 Å². The molecule has 106 valence electrons. The molecule has 0 bridgehead atoms. The zero-order valence-electron chi connectivity index (χ0n) is 11.1. The standard InChI is InChI=1S/C15H17NO3S/c16-20(17,18)15-8-6-11-9-14(7-5-12(11)10-15)19-13-3-1-2-4-13/h5-10,13H,1-4H2,(H2,16,17,18). The summed E-state index contributed by atoms with van der Waals surface area (Å²) in [6, 6.07) is 10.6. The fourth-order valence-corrected chi connectivity index (χ4v) is 3.20. The highest BCUT2D eigenvalue weighted by molar-refractivity contribution is 7.89. The number of ether oxygens (including phenoxy) is 1. The number of rotatable bonds is 3. The molecule has 0 heterocycles. The number of hydrogen-bond acceptors (Lipinski definition) is 3. The van der Waals surface area contributed by atoms with Crippen LogP contribution in [0.4, 0.5) is 0 Å². The van der Waals surface area contributed by atoms with E-state index in [0.29, 0.717) is 6.10 Å². The molecule has 3 rings (SSSR count). The third kappa shape index (κ3) is 2.78. The molecular formula is C15H17NO3S. The van der Waals surface area contributed by atoms with Crippen LogP contribution in [-0.2, 0) is 10.0 Å². The van der Waals surface area contributed by atoms with E-state index < -0.39 is 10.0 Å². The predicted octanol–water partition coefficient (Wildman–Crippen LogP) is 2.81. The van der Waals surface area contributed by atoms with Crippen molar-refractivity contribution in [3.05, 3.63) is 36.4 Å². The molecule has 4 nitrogen and oxygen atoms in total. The van der Waals surface area contributed by atoms with Gasteiger partial charge in [0.1, 0.15) is 5.75 Å². The van der Waals surface area contributed by atoms with Crippen molar-refractivity contribution in [1.29, 1.82) is 0 Å². The average Bonchev–Trinajstić information content (AvgIpc) is 2.90. The monoisotopic (exact) mass is 291 g/mol. The van der Waals surface area contributed by atoms with Crippen molar-refractivity contribution in [2.75, 3.05) is 0 Å². The van der Waals surface area contributed by atoms with Crippen molar-refractivity contribution in [1.82, 2.24) is 0 Å². The Balaban J connectivity index is 1.92. The molecule has 0 spiro atoms. The van der Waals surface area contributed by atoms with Crippen molar-refractivity contribution in [2.24, 2.45) is 5.14 Å². The molecule has 2 N–H and O–H groups in total. The van der Waals surface area contributed by atoms with E-state index in [0.717, 1.165) is 29.4 Å². The maximum absolute atomic E-state index is 11.3. The third-order valence-electron chi connectivity index (χ3n) is 3.72. The Bertz CT molecular complexity index is 734. The molecule has 1 fully saturated rings. The van der Waals surface area contributed by atoms with Crippen LogP contribution < -0.4 is 9.88 Å². The summed E-state index contributed by atoms with van der Waals surface area (Å²) < 4.78 is 28.6. The van der Waals surface area contributed by atoms with Gasteiger partial charge in [-0.25, -0.2) is 13.6 Å². The minimum atomic E-state index is -3.65. The molecule has 0 atom stereocenters. The minimum absolute atomic E-state index is 0.134. The van der Waals surface area contributed by atoms with Gasteiger partial charge in [0.2, 0.25) is 10.0 Å². The van der Waals surface area contributed by atoms with E-state index in [-0.39, 0.29) is 4.90 Å². The van der Waals surface area contributed by atoms with Crippen LogP contribution in [0.5, 0.6) is 5.75 Å². The average molecular weight is 291 g/mol. The number of benzene rings is 2. The highest BCUT2D eigenvalue weighted by Crippen LogP contribution is 2.27. The summed E-state index contributed by atoms with van der Waals surface area (Å²) in [5.74, 6) is 0.841. The van der Waals surface area contributed by atoms with E-state index in [9.17, 15) is 8.42 Å². The second kappa shape index (κ2) is 5.07. The first kappa shape index (κ1) is 13.4. The van der Waals surface area contributed by atoms with Gasteiger partial charge in [-0.2, -0.15) is 0 Å². The van der Waals surface area contributed by atoms with Crippen molar-refractivity contribution >= 4 is 20.8 Å². The van der Waals surface area contributed by atoms with Crippen LogP contribution in [0.15, 0.2) is 41.3 Å². The molecular weight excluding hydrogens is 274 g/mol. The molecule has 0 amide bonds. The molecule has 2 aromatic carbocycles. The molecule has 0 aliphatic heterocycles. The summed E-state index contributed by atoms with van der Waals surface area (Å²) in [6.07, 6.45) is 5.01. The maximum Gasteiger partial charge on any atom is 0.238 e. The van der Waals surface area contributed by atoms with Gasteiger partial charge in [0.25, 0.3) is 0 Å². The molecule has 1 aliphatic carbocycles. The van der Waals surface area contributed by atoms with Crippen LogP contribution in [0, 0.1) is 0 Å². The number of hydrogen-bond donors (Lipinski definition) is 1. The first-order valence-electron chi connectivity index (χ1n) is 6.76. The lowest BCUT2D eigenvalue weighted by molar-refractivity contribution is 0.210. The van der Waals surface area contributed by atoms with Crippen molar-refractivity contribution in [3.63, 3.8) is 0 Å². The van der Waals surface area contributed by atoms with Crippen LogP contribution in [0.1, 0.15) is 25.7 Å². The molecule has 1 aliphatic rings. The largest absolute Gasteiger partial charge is 0.490 e. The summed E-state index contributed by atoms with van der Waals surface area (Å²) >= 11 is 0. The number of primary sulfonamides is 1. The topological polar surface area (TPSA) is 69.4 Å². The van der Waals surface area contributed by atoms with Crippen LogP contribution in [0.25, 0.3) is 10.8 Å². The molecule has 2 aromatic rings. The third-order valence-corrected chi connectivity index (χ3v) is 4.63. The van der Waals surface area contributed by atoms with Crippen molar-refractivity contribution in [2.45, 2.75) is 36.7 Å². The molecule has 0 aromatic heterocycles. The van der Waals surface area contributed by atoms with Crippen molar-refractivity contribution in [3.8, 4) is 5.75 Å². The first-order chi connectivity index (χ1) is 9.52. The minimum Gasteiger partial charge on any atom is -0.490 e. The van der Waals surface area contributed by atoms with Gasteiger partial charge >= 0.3 is 0 Å². The Morgan fingerprint density at radius 2 is 1.65 bits per heavy atom. The first-order valence-corrected chi connectivity index (χ1v) is 8.30. The Morgan fingerprint density at radius 3 is 2.35 bits per heavy atom. The number of fused-ring (bicyclic) bond motifs is 1. The highest BCUT2D eigenvalue weighted by atomic mass is 32.2. The predicted molar refractivity (Wildman–Crippen MR) is 78.2 cm³/mol. The zero-order chi connectivity index (χ0) is 14.2. The lowest BCUT2D eigenvalue weighted by atomic mass is 10.1. The molecule has 5 heteroatoms. The van der Waals surface area contributed by atoms with Gasteiger partial charge in [-0.3, -0.25) is 0 Å². The summed E-state index contributed by atoms with van der Waals surface area (Å²) in [6.45, 7) is 0. The number of sulfonamides is 1. The molecule has 0 radical (unpaired) electrons. The molecule has 20 heavy (non-hydrogen) atoms. The van der Waals surface area contributed by atoms with Gasteiger partial charge in [-0.05, 0) is 60.7 Å². The van der Waals surface area contributed by atoms with Gasteiger partial charge in [0.05, 0.1) is 11.0 Å². The van der Waals surface area contributed by atoms with E-state index in [4.69, 9.17) is 9.88 Å². The van der Waals surface area contributed by atoms with Crippen LogP contribution in [0.3, 0.4) is 0 Å². The number of nitrogens with two attached hydrogens (primary N) is 1. The van der Waals surface area contributed by atoms with Gasteiger partial charge in [0.15, 0.2) is 0 Å². The second-order valence-electron chi connectivity index (χ2n) is 5.24. The normalized spacial score (nSPS) is 16.6. The van der Waals surface area contributed by atoms with Crippen molar-refractivity contribution < 1.29 is 13.2 Å². The van der Waals surface area contributed by atoms with Gasteiger partial charge in [0, 0.05) is 0 Å². The second-order valence-corrected chi connectivity index (χ2v) is 6.80. The lowest BCUT2D eigenvalue weighted by Crippen LogP contribution is -2.12. The molecule has 0 saturated heterocycles. The lowest BCUT2D eigenvalue weighted by Gasteiger charge is -2.13. The van der Waals surface area contributed by atoms with E-state index in [1.165, 1.54) is 18.9 Å². The smallest absolute Gasteiger partial charge is 0.238 e. The fourth-order valence-electron chi connectivity index (χ4n) is 2.65. The SMILES string of the molecule is NS(=O)(=O)c1ccc2cc(OC3CCCC3)ccc2c1. The Labute approximate surface area is 118 Å². The fraction of sp³-hybridized carbons (Fsp3) is 0.333. The van der Waals surface area contributed by atoms with Gasteiger partial charge in [-0.1, -0.05) is 12.1 Å². The van der Waals surface area contributed by atoms with Gasteiger partial charge in [-0.15, -0.1) is 0 Å². The Morgan fingerprint density at radius 1 is 1.00 bits per heavy atom. The van der Waals surface area contributed by atoms with Crippen LogP contribution in [0.2, 0.25) is 0 Å². The molecule has 1 saturated carbocycles. The van der Waals surface area contributed by atoms with E-state index in [2.05, 4.69) is 0 Å². The van der Waals surface area contributed by atoms with E-state index in [1.54, 1.807) is 12.1 Å². The Hall–Kier alpha value is -1.59. The van der Waals surface area contributed by atoms with Gasteiger partial charge < -0.3 is 4.74 Å². The summed E-state index contributed by atoms with van der Waals surface area (Å²) in [7, 11) is -3.65. The van der Waals surface area contributed by atoms with E-state index >= 15 is 0 Å². The zero-order valence-corrected chi connectivity index (χ0v) is 11.9. The molecule has 0 unspecified atom stereocenters. The quantitative estimate of drug-likeness (QED) is 0.945. The Kier molecular flexibility index (Phi) is 3.40.